The summed E-state index contributed by atoms with van der Waals surface area (Å²) in [6.45, 7) is 3.31. The predicted octanol–water partition coefficient (Wildman–Crippen LogP) is 2.62. The highest BCUT2D eigenvalue weighted by Crippen LogP contribution is 2.24. The van der Waals surface area contributed by atoms with E-state index in [1.165, 1.54) is 0 Å². The number of aliphatic carboxylic acids is 1. The number of nitriles is 1. The van der Waals surface area contributed by atoms with Crippen molar-refractivity contribution < 1.29 is 36.3 Å². The van der Waals surface area contributed by atoms with Gasteiger partial charge in [0.05, 0.1) is 17.0 Å². The molecule has 0 radical (unpaired) electrons. The van der Waals surface area contributed by atoms with Gasteiger partial charge in [-0.05, 0) is 55.3 Å². The predicted molar refractivity (Wildman–Crippen MR) is 149 cm³/mol. The monoisotopic (exact) mass is 609 g/mol. The third-order valence-corrected chi connectivity index (χ3v) is 8.94. The molecular formula is C28H34F3N5O5S. The molecule has 0 unspecified atom stereocenters. The van der Waals surface area contributed by atoms with E-state index in [-0.39, 0.29) is 11.9 Å². The number of carbonyl (C=O) groups excluding carboxylic acids is 1. The topological polar surface area (TPSA) is 143 Å². The number of likely N-dealkylation sites (N-methyl/N-ethyl adjacent to an activating group) is 1. The van der Waals surface area contributed by atoms with Crippen molar-refractivity contribution in [1.29, 1.82) is 5.26 Å². The van der Waals surface area contributed by atoms with Crippen LogP contribution in [0.5, 0.6) is 0 Å². The van der Waals surface area contributed by atoms with Gasteiger partial charge >= 0.3 is 12.1 Å². The van der Waals surface area contributed by atoms with E-state index in [2.05, 4.69) is 21.6 Å². The number of nitrogens with zero attached hydrogens (tertiary/aromatic N) is 3. The molecule has 0 aliphatic carbocycles. The molecule has 2 saturated heterocycles. The van der Waals surface area contributed by atoms with Crippen LogP contribution < -0.4 is 10.6 Å². The number of piperazine rings is 1. The first kappa shape index (κ1) is 33.0. The second-order valence-electron chi connectivity index (χ2n) is 10.1. The number of alkyl halides is 3. The maximum absolute atomic E-state index is 12.9. The van der Waals surface area contributed by atoms with Crippen molar-refractivity contribution >= 4 is 21.9 Å². The standard InChI is InChI=1S/C26H33N5O3S.C2HF3O2/c1-30-14-16-31(17-15-30)35(33,34)24-11-9-22(10-12-24)21-7-5-20(6-8-21)18-23(19-27)29-26(32)25-4-2-3-13-28-25;3-2(4,5)1(6)7/h5-12,23,25,28H,2-4,13-18H2,1H3,(H,29,32);(H,6,7)/t23-,25-;/m0./s1. The zero-order valence-electron chi connectivity index (χ0n) is 23.1. The van der Waals surface area contributed by atoms with E-state index in [0.717, 1.165) is 55.6 Å². The number of carboxylic acids is 1. The minimum Gasteiger partial charge on any atom is -0.475 e. The lowest BCUT2D eigenvalue weighted by Gasteiger charge is -2.31. The number of halogens is 3. The number of nitrogens with one attached hydrogen (secondary N) is 2. The molecule has 0 bridgehead atoms. The van der Waals surface area contributed by atoms with Gasteiger partial charge in [0.2, 0.25) is 15.9 Å². The second-order valence-corrected chi connectivity index (χ2v) is 12.1. The molecule has 0 aromatic heterocycles. The molecule has 1 amide bonds. The Balaban J connectivity index is 0.000000616. The molecule has 42 heavy (non-hydrogen) atoms. The molecular weight excluding hydrogens is 575 g/mol. The molecule has 2 fully saturated rings. The van der Waals surface area contributed by atoms with Crippen LogP contribution in [0.2, 0.25) is 0 Å². The van der Waals surface area contributed by atoms with Gasteiger partial charge < -0.3 is 20.6 Å². The fourth-order valence-corrected chi connectivity index (χ4v) is 5.96. The maximum atomic E-state index is 12.9. The van der Waals surface area contributed by atoms with Gasteiger partial charge in [-0.3, -0.25) is 4.79 Å². The van der Waals surface area contributed by atoms with Crippen LogP contribution in [0.4, 0.5) is 13.2 Å². The summed E-state index contributed by atoms with van der Waals surface area (Å²) >= 11 is 0. The number of piperidine rings is 1. The molecule has 2 aliphatic heterocycles. The third kappa shape index (κ3) is 9.25. The normalized spacial score (nSPS) is 19.1. The highest BCUT2D eigenvalue weighted by Gasteiger charge is 2.38. The van der Waals surface area contributed by atoms with Crippen molar-refractivity contribution in [3.05, 3.63) is 54.1 Å². The van der Waals surface area contributed by atoms with Crippen LogP contribution in [0.25, 0.3) is 11.1 Å². The van der Waals surface area contributed by atoms with E-state index < -0.39 is 28.2 Å². The molecule has 0 saturated carbocycles. The quantitative estimate of drug-likeness (QED) is 0.435. The average molecular weight is 610 g/mol. The molecule has 10 nitrogen and oxygen atoms in total. The highest BCUT2D eigenvalue weighted by atomic mass is 32.2. The first-order valence-corrected chi connectivity index (χ1v) is 14.9. The minimum absolute atomic E-state index is 0.112. The van der Waals surface area contributed by atoms with Crippen LogP contribution in [0.1, 0.15) is 24.8 Å². The summed E-state index contributed by atoms with van der Waals surface area (Å²) in [7, 11) is -1.49. The molecule has 228 valence electrons. The number of carboxylic acid groups (broad SMARTS) is 1. The minimum atomic E-state index is -5.08. The summed E-state index contributed by atoms with van der Waals surface area (Å²) < 4.78 is 59.2. The molecule has 2 atom stereocenters. The first-order valence-electron chi connectivity index (χ1n) is 13.4. The summed E-state index contributed by atoms with van der Waals surface area (Å²) in [5.74, 6) is -2.87. The fourth-order valence-electron chi connectivity index (χ4n) is 4.54. The van der Waals surface area contributed by atoms with E-state index in [0.29, 0.717) is 24.4 Å². The van der Waals surface area contributed by atoms with Gasteiger partial charge in [-0.2, -0.15) is 22.7 Å². The van der Waals surface area contributed by atoms with Crippen molar-refractivity contribution in [3.8, 4) is 17.2 Å². The number of benzene rings is 2. The molecule has 2 aromatic rings. The van der Waals surface area contributed by atoms with E-state index >= 15 is 0 Å². The van der Waals surface area contributed by atoms with Crippen LogP contribution in [-0.2, 0) is 26.0 Å². The first-order chi connectivity index (χ1) is 19.8. The number of hydrogen-bond acceptors (Lipinski definition) is 7. The lowest BCUT2D eigenvalue weighted by molar-refractivity contribution is -0.192. The Bertz CT molecular complexity index is 1350. The average Bonchev–Trinajstić information content (AvgIpc) is 2.97. The fraction of sp³-hybridized carbons (Fsp3) is 0.464. The summed E-state index contributed by atoms with van der Waals surface area (Å²) in [6, 6.07) is 16.2. The lowest BCUT2D eigenvalue weighted by atomic mass is 10.00. The molecule has 2 aromatic carbocycles. The van der Waals surface area contributed by atoms with Gasteiger partial charge in [0.1, 0.15) is 6.04 Å². The summed E-state index contributed by atoms with van der Waals surface area (Å²) in [6.07, 6.45) is -1.76. The number of carbonyl (C=O) groups is 2. The van der Waals surface area contributed by atoms with Crippen LogP contribution in [0.3, 0.4) is 0 Å². The van der Waals surface area contributed by atoms with Crippen molar-refractivity contribution in [2.45, 2.75) is 48.8 Å². The molecule has 2 aliphatic rings. The summed E-state index contributed by atoms with van der Waals surface area (Å²) in [4.78, 5) is 23.8. The van der Waals surface area contributed by atoms with Gasteiger partial charge in [-0.15, -0.1) is 0 Å². The van der Waals surface area contributed by atoms with Gasteiger partial charge in [0, 0.05) is 32.6 Å². The van der Waals surface area contributed by atoms with Gasteiger partial charge in [-0.25, -0.2) is 13.2 Å². The van der Waals surface area contributed by atoms with Crippen molar-refractivity contribution in [2.24, 2.45) is 0 Å². The van der Waals surface area contributed by atoms with Gasteiger partial charge in [-0.1, -0.05) is 42.8 Å². The van der Waals surface area contributed by atoms with Crippen LogP contribution >= 0.6 is 0 Å². The van der Waals surface area contributed by atoms with E-state index in [4.69, 9.17) is 9.90 Å². The van der Waals surface area contributed by atoms with Crippen molar-refractivity contribution in [1.82, 2.24) is 19.8 Å². The van der Waals surface area contributed by atoms with Crippen LogP contribution in [0, 0.1) is 11.3 Å². The highest BCUT2D eigenvalue weighted by molar-refractivity contribution is 7.89. The van der Waals surface area contributed by atoms with E-state index in [9.17, 15) is 31.6 Å². The van der Waals surface area contributed by atoms with Crippen molar-refractivity contribution in [3.63, 3.8) is 0 Å². The third-order valence-electron chi connectivity index (χ3n) is 7.02. The molecule has 3 N–H and O–H groups in total. The Morgan fingerprint density at radius 1 is 1.05 bits per heavy atom. The smallest absolute Gasteiger partial charge is 0.475 e. The van der Waals surface area contributed by atoms with E-state index in [1.54, 1.807) is 16.4 Å². The molecule has 4 rings (SSSR count). The van der Waals surface area contributed by atoms with E-state index in [1.807, 2.05) is 43.4 Å². The number of sulfonamides is 1. The molecule has 2 heterocycles. The summed E-state index contributed by atoms with van der Waals surface area (Å²) in [5, 5.41) is 22.7. The SMILES string of the molecule is CN1CCN(S(=O)(=O)c2ccc(-c3ccc(C[C@@H](C#N)NC(=O)[C@@H]4CCCCN4)cc3)cc2)CC1.O=C(O)C(F)(F)F. The Kier molecular flexibility index (Phi) is 11.5. The Morgan fingerprint density at radius 3 is 2.07 bits per heavy atom. The largest absolute Gasteiger partial charge is 0.490 e. The Morgan fingerprint density at radius 2 is 1.60 bits per heavy atom. The maximum Gasteiger partial charge on any atom is 0.490 e. The Labute approximate surface area is 243 Å². The summed E-state index contributed by atoms with van der Waals surface area (Å²) in [5.41, 5.74) is 2.83. The lowest BCUT2D eigenvalue weighted by Crippen LogP contribution is -2.49. The van der Waals surface area contributed by atoms with Crippen LogP contribution in [0.15, 0.2) is 53.4 Å². The van der Waals surface area contributed by atoms with Gasteiger partial charge in [0.25, 0.3) is 0 Å². The van der Waals surface area contributed by atoms with Crippen LogP contribution in [-0.4, -0.2) is 92.6 Å². The van der Waals surface area contributed by atoms with Gasteiger partial charge in [0.15, 0.2) is 0 Å². The number of hydrogen-bond donors (Lipinski definition) is 3. The number of amides is 1. The Hall–Kier alpha value is -3.51. The molecule has 14 heteroatoms. The van der Waals surface area contributed by atoms with Crippen molar-refractivity contribution in [2.75, 3.05) is 39.8 Å². The zero-order chi connectivity index (χ0) is 30.9. The second kappa shape index (κ2) is 14.6. The number of rotatable bonds is 7. The zero-order valence-corrected chi connectivity index (χ0v) is 23.9. The molecule has 0 spiro atoms.